The zero-order valence-electron chi connectivity index (χ0n) is 8.65. The fourth-order valence-electron chi connectivity index (χ4n) is 1.62. The predicted molar refractivity (Wildman–Crippen MR) is 62.1 cm³/mol. The highest BCUT2D eigenvalue weighted by Crippen LogP contribution is 2.12. The van der Waals surface area contributed by atoms with Gasteiger partial charge >= 0.3 is 0 Å². The number of carbonyl (C=O) groups excluding carboxylic acids is 2. The van der Waals surface area contributed by atoms with Crippen molar-refractivity contribution in [1.82, 2.24) is 9.88 Å². The number of ketones is 1. The molecule has 84 valence electrons. The average molecular weight is 283 g/mol. The second-order valence-corrected chi connectivity index (χ2v) is 4.61. The van der Waals surface area contributed by atoms with Gasteiger partial charge in [-0.1, -0.05) is 0 Å². The number of carbonyl (C=O) groups is 2. The Kier molecular flexibility index (Phi) is 3.33. The Morgan fingerprint density at radius 2 is 2.00 bits per heavy atom. The highest BCUT2D eigenvalue weighted by Gasteiger charge is 2.22. The van der Waals surface area contributed by atoms with Gasteiger partial charge in [-0.05, 0) is 28.1 Å². The van der Waals surface area contributed by atoms with E-state index >= 15 is 0 Å². The van der Waals surface area contributed by atoms with Crippen LogP contribution in [0.1, 0.15) is 23.3 Å². The van der Waals surface area contributed by atoms with Crippen molar-refractivity contribution in [2.24, 2.45) is 0 Å². The van der Waals surface area contributed by atoms with Gasteiger partial charge in [-0.15, -0.1) is 0 Å². The van der Waals surface area contributed by atoms with Crippen molar-refractivity contribution in [3.63, 3.8) is 0 Å². The number of hydrogen-bond acceptors (Lipinski definition) is 3. The Labute approximate surface area is 102 Å². The van der Waals surface area contributed by atoms with Crippen molar-refractivity contribution in [2.45, 2.75) is 12.8 Å². The first-order valence-corrected chi connectivity index (χ1v) is 5.88. The molecule has 0 spiro atoms. The third-order valence-electron chi connectivity index (χ3n) is 2.55. The first-order chi connectivity index (χ1) is 7.66. The predicted octanol–water partition coefficient (Wildman–Crippen LogP) is 1.65. The maximum atomic E-state index is 12.0. The molecule has 2 rings (SSSR count). The van der Waals surface area contributed by atoms with Crippen LogP contribution in [-0.4, -0.2) is 34.7 Å². The minimum Gasteiger partial charge on any atom is -0.336 e. The van der Waals surface area contributed by atoms with Crippen LogP contribution in [0, 0.1) is 0 Å². The molecule has 1 amide bonds. The van der Waals surface area contributed by atoms with Crippen molar-refractivity contribution in [3.8, 4) is 0 Å². The molecule has 0 N–H and O–H groups in total. The molecule has 2 heterocycles. The van der Waals surface area contributed by atoms with E-state index in [-0.39, 0.29) is 11.7 Å². The van der Waals surface area contributed by atoms with Crippen molar-refractivity contribution in [2.75, 3.05) is 13.1 Å². The lowest BCUT2D eigenvalue weighted by atomic mass is 10.1. The fourth-order valence-corrected chi connectivity index (χ4v) is 1.86. The summed E-state index contributed by atoms with van der Waals surface area (Å²) in [7, 11) is 0. The minimum atomic E-state index is -0.0972. The normalized spacial score (nSPS) is 16.3. The molecule has 1 fully saturated rings. The number of amides is 1. The number of nitrogens with zero attached hydrogens (tertiary/aromatic N) is 2. The number of pyridine rings is 1. The van der Waals surface area contributed by atoms with Gasteiger partial charge < -0.3 is 4.90 Å². The van der Waals surface area contributed by atoms with E-state index in [9.17, 15) is 9.59 Å². The number of hydrogen-bond donors (Lipinski definition) is 0. The Bertz CT molecular complexity index is 406. The zero-order chi connectivity index (χ0) is 11.5. The van der Waals surface area contributed by atoms with Gasteiger partial charge in [0.15, 0.2) is 0 Å². The molecule has 4 nitrogen and oxygen atoms in total. The number of halogens is 1. The first kappa shape index (κ1) is 11.3. The molecule has 0 bridgehead atoms. The van der Waals surface area contributed by atoms with Crippen molar-refractivity contribution in [1.29, 1.82) is 0 Å². The lowest BCUT2D eigenvalue weighted by Crippen LogP contribution is -2.38. The first-order valence-electron chi connectivity index (χ1n) is 5.09. The molecule has 0 radical (unpaired) electrons. The molecule has 0 aliphatic carbocycles. The van der Waals surface area contributed by atoms with Gasteiger partial charge in [-0.25, -0.2) is 4.98 Å². The van der Waals surface area contributed by atoms with Crippen LogP contribution in [-0.2, 0) is 4.79 Å². The third kappa shape index (κ3) is 2.47. The maximum Gasteiger partial charge on any atom is 0.272 e. The van der Waals surface area contributed by atoms with Gasteiger partial charge in [0.1, 0.15) is 11.5 Å². The summed E-state index contributed by atoms with van der Waals surface area (Å²) in [5, 5.41) is 0. The molecule has 1 aliphatic heterocycles. The summed E-state index contributed by atoms with van der Waals surface area (Å²) in [6.07, 6.45) is 2.52. The summed E-state index contributed by atoms with van der Waals surface area (Å²) >= 11 is 3.27. The smallest absolute Gasteiger partial charge is 0.272 e. The Morgan fingerprint density at radius 3 is 2.56 bits per heavy atom. The molecular weight excluding hydrogens is 272 g/mol. The minimum absolute atomic E-state index is 0.0972. The largest absolute Gasteiger partial charge is 0.336 e. The van der Waals surface area contributed by atoms with Crippen LogP contribution in [0.4, 0.5) is 0 Å². The van der Waals surface area contributed by atoms with E-state index in [4.69, 9.17) is 0 Å². The van der Waals surface area contributed by atoms with Gasteiger partial charge in [0.2, 0.25) is 0 Å². The lowest BCUT2D eigenvalue weighted by Gasteiger charge is -2.25. The number of likely N-dealkylation sites (tertiary alicyclic amines) is 1. The van der Waals surface area contributed by atoms with Crippen LogP contribution in [0.15, 0.2) is 22.8 Å². The number of aromatic nitrogens is 1. The number of piperidine rings is 1. The third-order valence-corrected chi connectivity index (χ3v) is 3.02. The summed E-state index contributed by atoms with van der Waals surface area (Å²) in [5.74, 6) is 0.132. The van der Waals surface area contributed by atoms with E-state index < -0.39 is 0 Å². The van der Waals surface area contributed by atoms with E-state index in [1.54, 1.807) is 23.2 Å². The van der Waals surface area contributed by atoms with Crippen LogP contribution >= 0.6 is 15.9 Å². The molecule has 0 aromatic carbocycles. The summed E-state index contributed by atoms with van der Waals surface area (Å²) in [6.45, 7) is 1.02. The molecule has 1 saturated heterocycles. The Hall–Kier alpha value is -1.23. The Morgan fingerprint density at radius 1 is 1.31 bits per heavy atom. The maximum absolute atomic E-state index is 12.0. The summed E-state index contributed by atoms with van der Waals surface area (Å²) in [6, 6.07) is 3.47. The van der Waals surface area contributed by atoms with Crippen molar-refractivity contribution < 1.29 is 9.59 Å². The van der Waals surface area contributed by atoms with Gasteiger partial charge in [-0.2, -0.15) is 0 Å². The molecule has 0 atom stereocenters. The summed E-state index contributed by atoms with van der Waals surface area (Å²) in [5.41, 5.74) is 0.428. The molecule has 0 unspecified atom stereocenters. The standard InChI is InChI=1S/C11H11BrN2O2/c12-8-1-2-10(13-7-8)11(16)14-5-3-9(15)4-6-14/h1-2,7H,3-6H2. The highest BCUT2D eigenvalue weighted by molar-refractivity contribution is 9.10. The second kappa shape index (κ2) is 4.74. The van der Waals surface area contributed by atoms with Gasteiger partial charge in [-0.3, -0.25) is 9.59 Å². The second-order valence-electron chi connectivity index (χ2n) is 3.69. The lowest BCUT2D eigenvalue weighted by molar-refractivity contribution is -0.120. The van der Waals surface area contributed by atoms with Gasteiger partial charge in [0, 0.05) is 36.6 Å². The summed E-state index contributed by atoms with van der Waals surface area (Å²) < 4.78 is 0.845. The SMILES string of the molecule is O=C1CCN(C(=O)c2ccc(Br)cn2)CC1. The van der Waals surface area contributed by atoms with E-state index in [0.717, 1.165) is 4.47 Å². The van der Waals surface area contributed by atoms with Gasteiger partial charge in [0.05, 0.1) is 0 Å². The summed E-state index contributed by atoms with van der Waals surface area (Å²) in [4.78, 5) is 28.7. The molecule has 1 aliphatic rings. The fraction of sp³-hybridized carbons (Fsp3) is 0.364. The van der Waals surface area contributed by atoms with E-state index in [1.165, 1.54) is 0 Å². The quantitative estimate of drug-likeness (QED) is 0.787. The number of rotatable bonds is 1. The van der Waals surface area contributed by atoms with Crippen LogP contribution in [0.3, 0.4) is 0 Å². The topological polar surface area (TPSA) is 50.3 Å². The molecule has 1 aromatic heterocycles. The Balaban J connectivity index is 2.07. The monoisotopic (exact) mass is 282 g/mol. The van der Waals surface area contributed by atoms with E-state index in [0.29, 0.717) is 31.6 Å². The highest BCUT2D eigenvalue weighted by atomic mass is 79.9. The molecule has 0 saturated carbocycles. The van der Waals surface area contributed by atoms with Crippen molar-refractivity contribution in [3.05, 3.63) is 28.5 Å². The van der Waals surface area contributed by atoms with Crippen LogP contribution < -0.4 is 0 Å². The molecule has 5 heteroatoms. The van der Waals surface area contributed by atoms with Crippen LogP contribution in [0.25, 0.3) is 0 Å². The molecule has 1 aromatic rings. The number of Topliss-reactive ketones (excluding diaryl/α,β-unsaturated/α-hetero) is 1. The molecular formula is C11H11BrN2O2. The van der Waals surface area contributed by atoms with Gasteiger partial charge in [0.25, 0.3) is 5.91 Å². The van der Waals surface area contributed by atoms with Crippen LogP contribution in [0.2, 0.25) is 0 Å². The average Bonchev–Trinajstić information content (AvgIpc) is 2.30. The van der Waals surface area contributed by atoms with Crippen LogP contribution in [0.5, 0.6) is 0 Å². The zero-order valence-corrected chi connectivity index (χ0v) is 10.2. The van der Waals surface area contributed by atoms with Crippen molar-refractivity contribution >= 4 is 27.6 Å². The van der Waals surface area contributed by atoms with E-state index in [2.05, 4.69) is 20.9 Å². The molecule has 16 heavy (non-hydrogen) atoms. The van der Waals surface area contributed by atoms with E-state index in [1.807, 2.05) is 0 Å².